The van der Waals surface area contributed by atoms with Crippen LogP contribution in [-0.4, -0.2) is 56.8 Å². The number of aliphatic hydroxyl groups is 1. The Bertz CT molecular complexity index is 1050. The molecule has 2 aliphatic rings. The molecular formula is C24H28N2O6. The smallest absolute Gasteiger partial charge is 0.328 e. The molecule has 0 spiro atoms. The minimum atomic E-state index is -1.26. The van der Waals surface area contributed by atoms with Crippen molar-refractivity contribution in [3.8, 4) is 17.0 Å². The maximum Gasteiger partial charge on any atom is 0.328 e. The van der Waals surface area contributed by atoms with Crippen molar-refractivity contribution in [2.75, 3.05) is 13.2 Å². The van der Waals surface area contributed by atoms with Crippen molar-refractivity contribution in [3.63, 3.8) is 0 Å². The third-order valence-corrected chi connectivity index (χ3v) is 5.39. The number of fused-ring (bicyclic) bond motifs is 5. The third kappa shape index (κ3) is 5.64. The van der Waals surface area contributed by atoms with Gasteiger partial charge in [0.1, 0.15) is 5.75 Å². The summed E-state index contributed by atoms with van der Waals surface area (Å²) in [7, 11) is 0. The maximum absolute atomic E-state index is 9.55. The number of rotatable bonds is 6. The predicted molar refractivity (Wildman–Crippen MR) is 121 cm³/mol. The van der Waals surface area contributed by atoms with Crippen LogP contribution in [0.3, 0.4) is 0 Å². The highest BCUT2D eigenvalue weighted by Gasteiger charge is 2.25. The quantitative estimate of drug-likeness (QED) is 0.594. The van der Waals surface area contributed by atoms with Crippen molar-refractivity contribution in [2.45, 2.75) is 45.8 Å². The molecule has 3 N–H and O–H groups in total. The predicted octanol–water partition coefficient (Wildman–Crippen LogP) is 2.94. The number of ether oxygens (including phenoxy) is 1. The zero-order valence-electron chi connectivity index (χ0n) is 18.2. The highest BCUT2D eigenvalue weighted by atomic mass is 16.5. The van der Waals surface area contributed by atoms with E-state index < -0.39 is 11.9 Å². The van der Waals surface area contributed by atoms with Crippen molar-refractivity contribution >= 4 is 17.7 Å². The lowest BCUT2D eigenvalue weighted by Gasteiger charge is -2.22. The summed E-state index contributed by atoms with van der Waals surface area (Å²) < 4.78 is 8.23. The second-order valence-corrected chi connectivity index (χ2v) is 7.84. The Morgan fingerprint density at radius 3 is 2.50 bits per heavy atom. The molecule has 1 aliphatic carbocycles. The Balaban J connectivity index is 0.000000312. The molecule has 8 heteroatoms. The molecule has 8 nitrogen and oxygen atoms in total. The summed E-state index contributed by atoms with van der Waals surface area (Å²) in [4.78, 5) is 23.7. The van der Waals surface area contributed by atoms with Gasteiger partial charge < -0.3 is 24.6 Å². The Morgan fingerprint density at radius 1 is 1.16 bits per heavy atom. The van der Waals surface area contributed by atoms with E-state index in [0.29, 0.717) is 25.2 Å². The zero-order valence-corrected chi connectivity index (χ0v) is 18.2. The molecule has 2 heterocycles. The number of aryl methyl sites for hydroxylation is 2. The second kappa shape index (κ2) is 10.3. The third-order valence-electron chi connectivity index (χ3n) is 5.39. The number of hydrogen-bond acceptors (Lipinski definition) is 5. The van der Waals surface area contributed by atoms with E-state index >= 15 is 0 Å². The van der Waals surface area contributed by atoms with Crippen molar-refractivity contribution in [1.82, 2.24) is 4.57 Å². The van der Waals surface area contributed by atoms with E-state index in [-0.39, 0.29) is 6.10 Å². The molecule has 1 aliphatic heterocycles. The van der Waals surface area contributed by atoms with Crippen LogP contribution in [0, 0.1) is 0 Å². The molecule has 0 saturated heterocycles. The van der Waals surface area contributed by atoms with Gasteiger partial charge in [-0.2, -0.15) is 0 Å². The van der Waals surface area contributed by atoms with Gasteiger partial charge in [0.25, 0.3) is 0 Å². The van der Waals surface area contributed by atoms with E-state index in [1.807, 2.05) is 0 Å². The number of nitrogens with zero attached hydrogens (tertiary/aromatic N) is 2. The van der Waals surface area contributed by atoms with Crippen LogP contribution in [0.4, 0.5) is 0 Å². The van der Waals surface area contributed by atoms with Crippen LogP contribution in [0.1, 0.15) is 37.1 Å². The van der Waals surface area contributed by atoms with Crippen molar-refractivity contribution < 1.29 is 29.6 Å². The van der Waals surface area contributed by atoms with Gasteiger partial charge in [0.15, 0.2) is 0 Å². The van der Waals surface area contributed by atoms with Crippen LogP contribution in [0.5, 0.6) is 5.75 Å². The average molecular weight is 440 g/mol. The first-order chi connectivity index (χ1) is 15.3. The molecule has 0 fully saturated rings. The normalized spacial score (nSPS) is 14.9. The first-order valence-electron chi connectivity index (χ1n) is 10.6. The Morgan fingerprint density at radius 2 is 1.84 bits per heavy atom. The summed E-state index contributed by atoms with van der Waals surface area (Å²) >= 11 is 0. The number of aliphatic carboxylic acids is 2. The van der Waals surface area contributed by atoms with Gasteiger partial charge in [-0.1, -0.05) is 0 Å². The molecule has 0 bridgehead atoms. The molecule has 1 aromatic carbocycles. The molecule has 1 unspecified atom stereocenters. The molecule has 4 rings (SSSR count). The lowest BCUT2D eigenvalue weighted by molar-refractivity contribution is -0.134. The Hall–Kier alpha value is -3.39. The minimum Gasteiger partial charge on any atom is -0.493 e. The fourth-order valence-corrected chi connectivity index (χ4v) is 3.90. The summed E-state index contributed by atoms with van der Waals surface area (Å²) in [6, 6.07) is 8.74. The molecular weight excluding hydrogens is 412 g/mol. The first-order valence-corrected chi connectivity index (χ1v) is 10.6. The fourth-order valence-electron chi connectivity index (χ4n) is 3.90. The molecule has 2 aromatic rings. The highest BCUT2D eigenvalue weighted by molar-refractivity contribution is 5.99. The van der Waals surface area contributed by atoms with Crippen LogP contribution in [0.25, 0.3) is 11.3 Å². The molecule has 0 amide bonds. The van der Waals surface area contributed by atoms with E-state index in [9.17, 15) is 14.7 Å². The van der Waals surface area contributed by atoms with Gasteiger partial charge in [0.05, 0.1) is 36.4 Å². The SMILES string of the molecule is CC1=NCCn2c1cc1c2-c2ccc(OCCC(C)O)cc2CC1.O=C(O)C=CC(=O)O. The average Bonchev–Trinajstić information content (AvgIpc) is 3.13. The number of hydrogen-bond donors (Lipinski definition) is 3. The first kappa shape index (κ1) is 23.3. The number of aliphatic imine (C=N–C) groups is 1. The van der Waals surface area contributed by atoms with E-state index in [0.717, 1.165) is 37.4 Å². The van der Waals surface area contributed by atoms with E-state index in [4.69, 9.17) is 14.9 Å². The van der Waals surface area contributed by atoms with Crippen LogP contribution in [0.15, 0.2) is 41.4 Å². The summed E-state index contributed by atoms with van der Waals surface area (Å²) in [5.41, 5.74) is 7.93. The zero-order chi connectivity index (χ0) is 23.3. The summed E-state index contributed by atoms with van der Waals surface area (Å²) in [5, 5.41) is 25.0. The van der Waals surface area contributed by atoms with Gasteiger partial charge in [0.2, 0.25) is 0 Å². The van der Waals surface area contributed by atoms with E-state index in [2.05, 4.69) is 40.7 Å². The molecule has 0 saturated carbocycles. The minimum absolute atomic E-state index is 0.317. The van der Waals surface area contributed by atoms with Gasteiger partial charge >= 0.3 is 11.9 Å². The standard InChI is InChI=1S/C20H24N2O2.C4H4O4/c1-13(23)7-10-24-17-5-6-18-15(11-17)3-4-16-12-19-14(2)21-8-9-22(19)20(16)18;5-3(6)1-2-4(7)8/h5-6,11-13,23H,3-4,7-10H2,1-2H3;1-2H,(H,5,6)(H,7,8). The van der Waals surface area contributed by atoms with Crippen molar-refractivity contribution in [1.29, 1.82) is 0 Å². The highest BCUT2D eigenvalue weighted by Crippen LogP contribution is 2.38. The van der Waals surface area contributed by atoms with Crippen LogP contribution in [-0.2, 0) is 29.0 Å². The van der Waals surface area contributed by atoms with Gasteiger partial charge in [-0.15, -0.1) is 0 Å². The maximum atomic E-state index is 9.55. The summed E-state index contributed by atoms with van der Waals surface area (Å²) in [6.45, 7) is 6.29. The molecule has 0 radical (unpaired) electrons. The molecule has 1 atom stereocenters. The molecule has 170 valence electrons. The van der Waals surface area contributed by atoms with Gasteiger partial charge in [0, 0.05) is 30.7 Å². The lowest BCUT2D eigenvalue weighted by atomic mass is 9.90. The monoisotopic (exact) mass is 440 g/mol. The number of aliphatic hydroxyl groups excluding tert-OH is 1. The van der Waals surface area contributed by atoms with Gasteiger partial charge in [-0.05, 0) is 62.1 Å². The largest absolute Gasteiger partial charge is 0.493 e. The Labute approximate surface area is 186 Å². The van der Waals surface area contributed by atoms with Crippen molar-refractivity contribution in [3.05, 3.63) is 53.2 Å². The number of aromatic nitrogens is 1. The molecule has 1 aromatic heterocycles. The summed E-state index contributed by atoms with van der Waals surface area (Å²) in [5.74, 6) is -1.61. The van der Waals surface area contributed by atoms with Crippen molar-refractivity contribution in [2.24, 2.45) is 4.99 Å². The summed E-state index contributed by atoms with van der Waals surface area (Å²) in [6.07, 6.45) is 3.58. The van der Waals surface area contributed by atoms with Crippen LogP contribution in [0.2, 0.25) is 0 Å². The van der Waals surface area contributed by atoms with Gasteiger partial charge in [-0.3, -0.25) is 4.99 Å². The molecule has 32 heavy (non-hydrogen) atoms. The number of benzene rings is 1. The second-order valence-electron chi connectivity index (χ2n) is 7.84. The van der Waals surface area contributed by atoms with Crippen LogP contribution >= 0.6 is 0 Å². The number of carbonyl (C=O) groups is 2. The van der Waals surface area contributed by atoms with Gasteiger partial charge in [-0.25, -0.2) is 9.59 Å². The Kier molecular flexibility index (Phi) is 7.48. The van der Waals surface area contributed by atoms with Crippen LogP contribution < -0.4 is 4.74 Å². The topological polar surface area (TPSA) is 121 Å². The van der Waals surface area contributed by atoms with E-state index in [1.165, 1.54) is 28.1 Å². The number of carboxylic acids is 2. The number of carboxylic acid groups (broad SMARTS) is 2. The van der Waals surface area contributed by atoms with E-state index in [1.54, 1.807) is 6.92 Å². The lowest BCUT2D eigenvalue weighted by Crippen LogP contribution is -2.17. The fraction of sp³-hybridized carbons (Fsp3) is 0.375.